The molecule has 2 aromatic heterocycles. The lowest BCUT2D eigenvalue weighted by Gasteiger charge is -2.35. The summed E-state index contributed by atoms with van der Waals surface area (Å²) < 4.78 is 1.79. The molecule has 1 aliphatic rings. The molecule has 0 spiro atoms. The molecule has 1 aromatic carbocycles. The van der Waals surface area contributed by atoms with E-state index in [1.54, 1.807) is 11.0 Å². The molecule has 7 heteroatoms. The summed E-state index contributed by atoms with van der Waals surface area (Å²) in [4.78, 5) is 13.6. The highest BCUT2D eigenvalue weighted by Crippen LogP contribution is 2.17. The number of anilines is 1. The highest BCUT2D eigenvalue weighted by molar-refractivity contribution is 6.30. The molecule has 0 saturated carbocycles. The zero-order valence-corrected chi connectivity index (χ0v) is 15.5. The summed E-state index contributed by atoms with van der Waals surface area (Å²) in [6.07, 6.45) is 3.53. The summed E-state index contributed by atoms with van der Waals surface area (Å²) >= 11 is 5.96. The maximum Gasteiger partial charge on any atom is 0.158 e. The Hall–Kier alpha value is -2.44. The third kappa shape index (κ3) is 3.86. The van der Waals surface area contributed by atoms with Gasteiger partial charge in [0.05, 0.1) is 5.69 Å². The van der Waals surface area contributed by atoms with Gasteiger partial charge in [0.15, 0.2) is 5.82 Å². The van der Waals surface area contributed by atoms with Crippen LogP contribution in [0.1, 0.15) is 11.3 Å². The van der Waals surface area contributed by atoms with Crippen molar-refractivity contribution < 1.29 is 0 Å². The summed E-state index contributed by atoms with van der Waals surface area (Å²) in [6.45, 7) is 6.82. The van der Waals surface area contributed by atoms with Gasteiger partial charge in [-0.25, -0.2) is 14.6 Å². The van der Waals surface area contributed by atoms with Crippen molar-refractivity contribution in [1.82, 2.24) is 24.6 Å². The molecule has 134 valence electrons. The molecular formula is C19H21ClN6. The lowest BCUT2D eigenvalue weighted by Crippen LogP contribution is -2.46. The van der Waals surface area contributed by atoms with E-state index in [1.807, 2.05) is 37.4 Å². The number of piperazine rings is 1. The maximum atomic E-state index is 5.96. The molecule has 0 aliphatic carbocycles. The highest BCUT2D eigenvalue weighted by Gasteiger charge is 2.19. The van der Waals surface area contributed by atoms with E-state index in [-0.39, 0.29) is 0 Å². The van der Waals surface area contributed by atoms with E-state index in [0.717, 1.165) is 55.1 Å². The minimum atomic E-state index is 0.783. The number of benzene rings is 1. The van der Waals surface area contributed by atoms with Crippen LogP contribution in [0.15, 0.2) is 48.9 Å². The van der Waals surface area contributed by atoms with Crippen LogP contribution in [-0.2, 0) is 6.54 Å². The average Bonchev–Trinajstić information content (AvgIpc) is 3.11. The van der Waals surface area contributed by atoms with Crippen molar-refractivity contribution in [3.63, 3.8) is 0 Å². The molecule has 1 fully saturated rings. The zero-order valence-electron chi connectivity index (χ0n) is 14.7. The summed E-state index contributed by atoms with van der Waals surface area (Å²) in [5.41, 5.74) is 2.27. The van der Waals surface area contributed by atoms with Gasteiger partial charge in [0.25, 0.3) is 0 Å². The fourth-order valence-electron chi connectivity index (χ4n) is 3.16. The van der Waals surface area contributed by atoms with Crippen LogP contribution in [0.5, 0.6) is 0 Å². The van der Waals surface area contributed by atoms with Crippen LogP contribution in [0.4, 0.5) is 5.82 Å². The van der Waals surface area contributed by atoms with Crippen molar-refractivity contribution in [2.75, 3.05) is 31.1 Å². The molecule has 1 saturated heterocycles. The summed E-state index contributed by atoms with van der Waals surface area (Å²) in [6, 6.07) is 12.1. The second-order valence-corrected chi connectivity index (χ2v) is 6.96. The van der Waals surface area contributed by atoms with Gasteiger partial charge in [0.2, 0.25) is 0 Å². The normalized spacial score (nSPS) is 15.4. The fourth-order valence-corrected chi connectivity index (χ4v) is 3.29. The first kappa shape index (κ1) is 17.0. The molecule has 0 amide bonds. The fraction of sp³-hybridized carbons (Fsp3) is 0.316. The number of halogens is 1. The van der Waals surface area contributed by atoms with Crippen molar-refractivity contribution >= 4 is 17.4 Å². The third-order valence-electron chi connectivity index (χ3n) is 4.61. The lowest BCUT2D eigenvalue weighted by molar-refractivity contribution is 0.249. The van der Waals surface area contributed by atoms with Crippen LogP contribution in [-0.4, -0.2) is 50.8 Å². The van der Waals surface area contributed by atoms with Gasteiger partial charge in [0, 0.05) is 50.0 Å². The molecule has 0 atom stereocenters. The number of nitrogens with zero attached hydrogens (tertiary/aromatic N) is 6. The van der Waals surface area contributed by atoms with Gasteiger partial charge in [-0.2, -0.15) is 5.10 Å². The van der Waals surface area contributed by atoms with E-state index in [2.05, 4.69) is 37.0 Å². The molecule has 4 rings (SSSR count). The molecule has 0 bridgehead atoms. The first-order chi connectivity index (χ1) is 12.7. The van der Waals surface area contributed by atoms with Crippen molar-refractivity contribution in [2.24, 2.45) is 0 Å². The van der Waals surface area contributed by atoms with Crippen molar-refractivity contribution in [3.05, 3.63) is 65.2 Å². The Labute approximate surface area is 158 Å². The number of hydrogen-bond acceptors (Lipinski definition) is 5. The monoisotopic (exact) mass is 368 g/mol. The second-order valence-electron chi connectivity index (χ2n) is 6.53. The molecule has 0 unspecified atom stereocenters. The summed E-state index contributed by atoms with van der Waals surface area (Å²) in [5.74, 6) is 1.75. The predicted molar refractivity (Wildman–Crippen MR) is 103 cm³/mol. The standard InChI is InChI=1S/C19H21ClN6/c1-15-6-7-26(23-15)19-12-18(21-14-22-19)25-10-8-24(9-11-25)13-16-2-4-17(20)5-3-16/h2-7,12,14H,8-11,13H2,1H3. The number of hydrogen-bond donors (Lipinski definition) is 0. The van der Waals surface area contributed by atoms with Crippen LogP contribution < -0.4 is 4.90 Å². The van der Waals surface area contributed by atoms with E-state index in [0.29, 0.717) is 0 Å². The zero-order chi connectivity index (χ0) is 17.9. The van der Waals surface area contributed by atoms with E-state index >= 15 is 0 Å². The SMILES string of the molecule is Cc1ccn(-c2cc(N3CCN(Cc4ccc(Cl)cc4)CC3)ncn2)n1. The van der Waals surface area contributed by atoms with E-state index in [9.17, 15) is 0 Å². The number of rotatable bonds is 4. The minimum absolute atomic E-state index is 0.783. The predicted octanol–water partition coefficient (Wildman–Crippen LogP) is 2.95. The molecule has 1 aliphatic heterocycles. The lowest BCUT2D eigenvalue weighted by atomic mass is 10.2. The minimum Gasteiger partial charge on any atom is -0.354 e. The van der Waals surface area contributed by atoms with Gasteiger partial charge in [0.1, 0.15) is 12.1 Å². The highest BCUT2D eigenvalue weighted by atomic mass is 35.5. The van der Waals surface area contributed by atoms with Gasteiger partial charge in [-0.1, -0.05) is 23.7 Å². The van der Waals surface area contributed by atoms with Crippen LogP contribution in [0.3, 0.4) is 0 Å². The first-order valence-corrected chi connectivity index (χ1v) is 9.11. The molecule has 0 radical (unpaired) electrons. The van der Waals surface area contributed by atoms with Gasteiger partial charge in [-0.15, -0.1) is 0 Å². The van der Waals surface area contributed by atoms with Crippen LogP contribution in [0.25, 0.3) is 5.82 Å². The molecule has 3 aromatic rings. The Morgan fingerprint density at radius 1 is 0.962 bits per heavy atom. The number of aryl methyl sites for hydroxylation is 1. The summed E-state index contributed by atoms with van der Waals surface area (Å²) in [7, 11) is 0. The van der Waals surface area contributed by atoms with Gasteiger partial charge in [-0.05, 0) is 30.7 Å². The van der Waals surface area contributed by atoms with E-state index in [1.165, 1.54) is 5.56 Å². The molecule has 26 heavy (non-hydrogen) atoms. The van der Waals surface area contributed by atoms with Crippen molar-refractivity contribution in [1.29, 1.82) is 0 Å². The smallest absolute Gasteiger partial charge is 0.158 e. The maximum absolute atomic E-state index is 5.96. The Morgan fingerprint density at radius 3 is 2.38 bits per heavy atom. The van der Waals surface area contributed by atoms with Crippen molar-refractivity contribution in [2.45, 2.75) is 13.5 Å². The molecular weight excluding hydrogens is 348 g/mol. The van der Waals surface area contributed by atoms with Gasteiger partial charge < -0.3 is 4.90 Å². The Bertz CT molecular complexity index is 868. The largest absolute Gasteiger partial charge is 0.354 e. The van der Waals surface area contributed by atoms with E-state index in [4.69, 9.17) is 11.6 Å². The van der Waals surface area contributed by atoms with E-state index < -0.39 is 0 Å². The quantitative estimate of drug-likeness (QED) is 0.708. The Balaban J connectivity index is 1.39. The molecule has 6 nitrogen and oxygen atoms in total. The summed E-state index contributed by atoms with van der Waals surface area (Å²) in [5, 5.41) is 5.21. The first-order valence-electron chi connectivity index (χ1n) is 8.74. The van der Waals surface area contributed by atoms with Gasteiger partial charge in [-0.3, -0.25) is 4.90 Å². The van der Waals surface area contributed by atoms with Crippen molar-refractivity contribution in [3.8, 4) is 5.82 Å². The van der Waals surface area contributed by atoms with Gasteiger partial charge >= 0.3 is 0 Å². The Kier molecular flexibility index (Phi) is 4.86. The average molecular weight is 369 g/mol. The molecule has 3 heterocycles. The Morgan fingerprint density at radius 2 is 1.69 bits per heavy atom. The van der Waals surface area contributed by atoms with Crippen LogP contribution >= 0.6 is 11.6 Å². The molecule has 0 N–H and O–H groups in total. The third-order valence-corrected chi connectivity index (χ3v) is 4.86. The van der Waals surface area contributed by atoms with Crippen LogP contribution in [0.2, 0.25) is 5.02 Å². The van der Waals surface area contributed by atoms with Crippen LogP contribution in [0, 0.1) is 6.92 Å². The second kappa shape index (κ2) is 7.43. The topological polar surface area (TPSA) is 50.1 Å². The number of aromatic nitrogens is 4.